The van der Waals surface area contributed by atoms with E-state index >= 15 is 0 Å². The second-order valence-corrected chi connectivity index (χ2v) is 6.97. The van der Waals surface area contributed by atoms with Crippen molar-refractivity contribution in [2.45, 2.75) is 52.3 Å². The molecule has 7 nitrogen and oxygen atoms in total. The molecule has 8 heteroatoms. The summed E-state index contributed by atoms with van der Waals surface area (Å²) in [6.07, 6.45) is -1.32. The third-order valence-electron chi connectivity index (χ3n) is 3.53. The van der Waals surface area contributed by atoms with Gasteiger partial charge in [0.15, 0.2) is 0 Å². The molecule has 0 aliphatic carbocycles. The highest BCUT2D eigenvalue weighted by atomic mass is 35.5. The maximum absolute atomic E-state index is 12.6. The predicted octanol–water partition coefficient (Wildman–Crippen LogP) is 3.13. The molecule has 2 unspecified atom stereocenters. The smallest absolute Gasteiger partial charge is 0.408 e. The minimum Gasteiger partial charge on any atom is -0.481 e. The number of ether oxygens (including phenoxy) is 1. The van der Waals surface area contributed by atoms with Gasteiger partial charge < -0.3 is 20.5 Å². The lowest BCUT2D eigenvalue weighted by Crippen LogP contribution is -2.51. The van der Waals surface area contributed by atoms with Crippen LogP contribution < -0.4 is 10.6 Å². The molecule has 0 saturated carbocycles. The second-order valence-electron chi connectivity index (χ2n) is 6.53. The normalized spacial score (nSPS) is 13.2. The lowest BCUT2D eigenvalue weighted by molar-refractivity contribution is -0.137. The number of alkyl carbamates (subject to hydrolysis) is 1. The summed E-state index contributed by atoms with van der Waals surface area (Å²) < 4.78 is 5.01. The van der Waals surface area contributed by atoms with Crippen molar-refractivity contribution in [3.8, 4) is 0 Å². The maximum atomic E-state index is 12.6. The Morgan fingerprint density at radius 3 is 2.12 bits per heavy atom. The van der Waals surface area contributed by atoms with E-state index in [4.69, 9.17) is 21.4 Å². The Balaban J connectivity index is 2.92. The van der Waals surface area contributed by atoms with Crippen LogP contribution in [0.2, 0.25) is 5.02 Å². The van der Waals surface area contributed by atoms with Crippen molar-refractivity contribution in [3.63, 3.8) is 0 Å². The quantitative estimate of drug-likeness (QED) is 0.638. The summed E-state index contributed by atoms with van der Waals surface area (Å²) >= 11 is 5.85. The molecule has 0 radical (unpaired) electrons. The van der Waals surface area contributed by atoms with E-state index in [1.807, 2.05) is 0 Å². The highest BCUT2D eigenvalue weighted by Crippen LogP contribution is 2.20. The number of hydrogen-bond donors (Lipinski definition) is 3. The van der Waals surface area contributed by atoms with Crippen LogP contribution in [0, 0.1) is 5.92 Å². The van der Waals surface area contributed by atoms with Crippen molar-refractivity contribution in [2.24, 2.45) is 5.92 Å². The van der Waals surface area contributed by atoms with Gasteiger partial charge in [0, 0.05) is 5.02 Å². The van der Waals surface area contributed by atoms with E-state index < -0.39 is 30.1 Å². The fraction of sp³-hybridized carbons (Fsp3) is 0.500. The molecule has 0 heterocycles. The first-order valence-electron chi connectivity index (χ1n) is 8.35. The lowest BCUT2D eigenvalue weighted by Gasteiger charge is -2.25. The number of carboxylic acids is 1. The average molecular weight is 385 g/mol. The number of nitrogens with one attached hydrogen (secondary N) is 2. The molecule has 144 valence electrons. The van der Waals surface area contributed by atoms with Crippen LogP contribution in [-0.2, 0) is 14.3 Å². The molecule has 0 saturated heterocycles. The molecule has 0 aromatic heterocycles. The topological polar surface area (TPSA) is 105 Å². The van der Waals surface area contributed by atoms with E-state index in [9.17, 15) is 14.4 Å². The minimum atomic E-state index is -1.06. The first-order chi connectivity index (χ1) is 12.1. The summed E-state index contributed by atoms with van der Waals surface area (Å²) in [5, 5.41) is 14.9. The average Bonchev–Trinajstić information content (AvgIpc) is 2.51. The summed E-state index contributed by atoms with van der Waals surface area (Å²) in [7, 11) is 0. The monoisotopic (exact) mass is 384 g/mol. The van der Waals surface area contributed by atoms with Gasteiger partial charge in [0.2, 0.25) is 5.91 Å². The molecular weight excluding hydrogens is 360 g/mol. The summed E-state index contributed by atoms with van der Waals surface area (Å²) in [5.74, 6) is -1.76. The first kappa shape index (κ1) is 21.8. The van der Waals surface area contributed by atoms with Crippen LogP contribution in [0.15, 0.2) is 24.3 Å². The number of hydrogen-bond acceptors (Lipinski definition) is 4. The lowest BCUT2D eigenvalue weighted by atomic mass is 10.00. The van der Waals surface area contributed by atoms with Gasteiger partial charge in [-0.15, -0.1) is 0 Å². The van der Waals surface area contributed by atoms with Crippen molar-refractivity contribution in [2.75, 3.05) is 0 Å². The molecule has 3 N–H and O–H groups in total. The molecular formula is C18H25ClN2O5. The summed E-state index contributed by atoms with van der Waals surface area (Å²) in [6, 6.07) is 4.94. The minimum absolute atomic E-state index is 0.217. The Hall–Kier alpha value is -2.28. The Kier molecular flexibility index (Phi) is 8.38. The maximum Gasteiger partial charge on any atom is 0.408 e. The molecule has 1 aromatic carbocycles. The highest BCUT2D eigenvalue weighted by molar-refractivity contribution is 6.30. The fourth-order valence-electron chi connectivity index (χ4n) is 2.29. The van der Waals surface area contributed by atoms with Crippen molar-refractivity contribution in [1.29, 1.82) is 0 Å². The molecule has 2 atom stereocenters. The molecule has 2 amide bonds. The standard InChI is InChI=1S/C18H25ClN2O5/c1-10(2)16(21-18(25)26-11(3)4)17(24)20-14(9-15(22)23)12-5-7-13(19)8-6-12/h5-8,10-11,14,16H,9H2,1-4H3,(H,20,24)(H,21,25)(H,22,23). The Labute approximate surface area is 158 Å². The van der Waals surface area contributed by atoms with E-state index in [0.29, 0.717) is 10.6 Å². The van der Waals surface area contributed by atoms with Gasteiger partial charge in [-0.1, -0.05) is 37.6 Å². The van der Waals surface area contributed by atoms with Gasteiger partial charge in [-0.3, -0.25) is 9.59 Å². The van der Waals surface area contributed by atoms with Crippen molar-refractivity contribution in [1.82, 2.24) is 10.6 Å². The predicted molar refractivity (Wildman–Crippen MR) is 98.0 cm³/mol. The fourth-order valence-corrected chi connectivity index (χ4v) is 2.42. The molecule has 26 heavy (non-hydrogen) atoms. The van der Waals surface area contributed by atoms with Gasteiger partial charge in [0.05, 0.1) is 18.6 Å². The number of rotatable bonds is 8. The third-order valence-corrected chi connectivity index (χ3v) is 3.78. The van der Waals surface area contributed by atoms with Crippen LogP contribution >= 0.6 is 11.6 Å². The molecule has 1 rings (SSSR count). The summed E-state index contributed by atoms with van der Waals surface area (Å²) in [4.78, 5) is 35.6. The van der Waals surface area contributed by atoms with Crippen LogP contribution in [0.5, 0.6) is 0 Å². The zero-order chi connectivity index (χ0) is 19.9. The second kappa shape index (κ2) is 10.0. The molecule has 0 spiro atoms. The Morgan fingerprint density at radius 2 is 1.65 bits per heavy atom. The van der Waals surface area contributed by atoms with Crippen LogP contribution in [-0.4, -0.2) is 35.2 Å². The van der Waals surface area contributed by atoms with Crippen LogP contribution in [0.4, 0.5) is 4.79 Å². The van der Waals surface area contributed by atoms with Gasteiger partial charge in [-0.05, 0) is 37.5 Å². The Bertz CT molecular complexity index is 631. The van der Waals surface area contributed by atoms with Gasteiger partial charge in [0.25, 0.3) is 0 Å². The molecule has 0 aliphatic rings. The van der Waals surface area contributed by atoms with Crippen molar-refractivity contribution in [3.05, 3.63) is 34.9 Å². The third kappa shape index (κ3) is 7.31. The van der Waals surface area contributed by atoms with E-state index in [-0.39, 0.29) is 18.4 Å². The number of aliphatic carboxylic acids is 1. The van der Waals surface area contributed by atoms with E-state index in [1.54, 1.807) is 52.0 Å². The number of halogens is 1. The number of benzene rings is 1. The number of amides is 2. The number of carbonyl (C=O) groups is 3. The van der Waals surface area contributed by atoms with Gasteiger partial charge >= 0.3 is 12.1 Å². The zero-order valence-electron chi connectivity index (χ0n) is 15.3. The van der Waals surface area contributed by atoms with Gasteiger partial charge in [-0.2, -0.15) is 0 Å². The van der Waals surface area contributed by atoms with E-state index in [1.165, 1.54) is 0 Å². The van der Waals surface area contributed by atoms with Gasteiger partial charge in [0.1, 0.15) is 6.04 Å². The molecule has 0 bridgehead atoms. The van der Waals surface area contributed by atoms with Crippen LogP contribution in [0.3, 0.4) is 0 Å². The molecule has 1 aromatic rings. The van der Waals surface area contributed by atoms with Crippen LogP contribution in [0.1, 0.15) is 45.7 Å². The van der Waals surface area contributed by atoms with Crippen LogP contribution in [0.25, 0.3) is 0 Å². The van der Waals surface area contributed by atoms with Gasteiger partial charge in [-0.25, -0.2) is 4.79 Å². The van der Waals surface area contributed by atoms with E-state index in [0.717, 1.165) is 0 Å². The van der Waals surface area contributed by atoms with Crippen molar-refractivity contribution < 1.29 is 24.2 Å². The number of carbonyl (C=O) groups excluding carboxylic acids is 2. The first-order valence-corrected chi connectivity index (χ1v) is 8.72. The summed E-state index contributed by atoms with van der Waals surface area (Å²) in [6.45, 7) is 6.95. The molecule has 0 fully saturated rings. The summed E-state index contributed by atoms with van der Waals surface area (Å²) in [5.41, 5.74) is 0.609. The van der Waals surface area contributed by atoms with E-state index in [2.05, 4.69) is 10.6 Å². The zero-order valence-corrected chi connectivity index (χ0v) is 16.0. The largest absolute Gasteiger partial charge is 0.481 e. The number of carboxylic acid groups (broad SMARTS) is 1. The van der Waals surface area contributed by atoms with Crippen molar-refractivity contribution >= 4 is 29.6 Å². The SMILES string of the molecule is CC(C)OC(=O)NC(C(=O)NC(CC(=O)O)c1ccc(Cl)cc1)C(C)C. The highest BCUT2D eigenvalue weighted by Gasteiger charge is 2.28. The molecule has 0 aliphatic heterocycles. The Morgan fingerprint density at radius 1 is 1.08 bits per heavy atom.